The Morgan fingerprint density at radius 1 is 1.10 bits per heavy atom. The van der Waals surface area contributed by atoms with Crippen molar-refractivity contribution in [2.45, 2.75) is 26.9 Å². The molecule has 2 heterocycles. The van der Waals surface area contributed by atoms with Gasteiger partial charge in [-0.2, -0.15) is 0 Å². The number of hydrogen-bond donors (Lipinski definition) is 1. The van der Waals surface area contributed by atoms with Crippen molar-refractivity contribution in [2.24, 2.45) is 0 Å². The van der Waals surface area contributed by atoms with E-state index in [0.29, 0.717) is 11.6 Å². The van der Waals surface area contributed by atoms with Crippen LogP contribution in [0.25, 0.3) is 16.4 Å². The van der Waals surface area contributed by atoms with Crippen molar-refractivity contribution in [2.75, 3.05) is 5.32 Å². The first-order chi connectivity index (χ1) is 14.5. The third-order valence-corrected chi connectivity index (χ3v) is 5.47. The standard InChI is InChI=1S/C23H22N4O2S/c1-15-9-11-18(12-10-15)20-14-30-23(25-20)27-17(3)24-13-21(27)26-22(28)16(2)29-19-7-5-4-6-8-19/h4-14,16H,1-3H3,(H,26,28). The molecule has 0 saturated heterocycles. The van der Waals surface area contributed by atoms with Crippen LogP contribution in [0.4, 0.5) is 5.82 Å². The Labute approximate surface area is 179 Å². The van der Waals surface area contributed by atoms with Gasteiger partial charge in [0.1, 0.15) is 17.4 Å². The van der Waals surface area contributed by atoms with Crippen molar-refractivity contribution in [3.05, 3.63) is 77.6 Å². The summed E-state index contributed by atoms with van der Waals surface area (Å²) in [4.78, 5) is 21.8. The van der Waals surface area contributed by atoms with Gasteiger partial charge in [-0.1, -0.05) is 48.0 Å². The number of para-hydroxylation sites is 1. The summed E-state index contributed by atoms with van der Waals surface area (Å²) in [6.07, 6.45) is 0.977. The number of nitrogens with zero attached hydrogens (tertiary/aromatic N) is 3. The summed E-state index contributed by atoms with van der Waals surface area (Å²) in [6, 6.07) is 17.5. The van der Waals surface area contributed by atoms with E-state index in [-0.39, 0.29) is 5.91 Å². The van der Waals surface area contributed by atoms with E-state index in [9.17, 15) is 4.79 Å². The quantitative estimate of drug-likeness (QED) is 0.477. The maximum Gasteiger partial charge on any atom is 0.266 e. The van der Waals surface area contributed by atoms with Gasteiger partial charge in [-0.15, -0.1) is 11.3 Å². The zero-order valence-electron chi connectivity index (χ0n) is 17.0. The fourth-order valence-electron chi connectivity index (χ4n) is 2.98. The second-order valence-electron chi connectivity index (χ2n) is 6.97. The van der Waals surface area contributed by atoms with Crippen LogP contribution in [0.15, 0.2) is 66.2 Å². The minimum absolute atomic E-state index is 0.254. The van der Waals surface area contributed by atoms with E-state index >= 15 is 0 Å². The van der Waals surface area contributed by atoms with Gasteiger partial charge in [0.2, 0.25) is 0 Å². The predicted octanol–water partition coefficient (Wildman–Crippen LogP) is 5.02. The molecule has 0 aliphatic heterocycles. The average Bonchev–Trinajstić information content (AvgIpc) is 3.36. The molecule has 7 heteroatoms. The summed E-state index contributed by atoms with van der Waals surface area (Å²) in [5.74, 6) is 1.69. The molecular weight excluding hydrogens is 396 g/mol. The number of aryl methyl sites for hydroxylation is 2. The molecule has 4 rings (SSSR count). The molecule has 2 aromatic heterocycles. The maximum absolute atomic E-state index is 12.7. The molecule has 0 spiro atoms. The van der Waals surface area contributed by atoms with Crippen LogP contribution in [-0.4, -0.2) is 26.5 Å². The molecule has 152 valence electrons. The van der Waals surface area contributed by atoms with Gasteiger partial charge in [-0.05, 0) is 32.9 Å². The van der Waals surface area contributed by atoms with Gasteiger partial charge in [-0.3, -0.25) is 9.36 Å². The van der Waals surface area contributed by atoms with Crippen molar-refractivity contribution in [1.29, 1.82) is 0 Å². The largest absolute Gasteiger partial charge is 0.481 e. The lowest BCUT2D eigenvalue weighted by Gasteiger charge is -2.15. The van der Waals surface area contributed by atoms with Gasteiger partial charge < -0.3 is 10.1 Å². The number of aromatic nitrogens is 3. The molecule has 0 radical (unpaired) electrons. The van der Waals surface area contributed by atoms with Gasteiger partial charge in [0, 0.05) is 10.9 Å². The third kappa shape index (κ3) is 4.26. The molecule has 0 saturated carbocycles. The average molecular weight is 419 g/mol. The highest BCUT2D eigenvalue weighted by atomic mass is 32.1. The van der Waals surface area contributed by atoms with Gasteiger partial charge in [-0.25, -0.2) is 9.97 Å². The minimum atomic E-state index is -0.657. The van der Waals surface area contributed by atoms with Gasteiger partial charge >= 0.3 is 0 Å². The molecule has 0 fully saturated rings. The molecular formula is C23H22N4O2S. The molecule has 6 nitrogen and oxygen atoms in total. The second-order valence-corrected chi connectivity index (χ2v) is 7.81. The van der Waals surface area contributed by atoms with Crippen LogP contribution in [0, 0.1) is 13.8 Å². The van der Waals surface area contributed by atoms with Crippen LogP contribution in [0.1, 0.15) is 18.3 Å². The van der Waals surface area contributed by atoms with E-state index in [1.165, 1.54) is 16.9 Å². The molecule has 0 aliphatic rings. The Kier molecular flexibility index (Phi) is 5.63. The Morgan fingerprint density at radius 3 is 2.57 bits per heavy atom. The Balaban J connectivity index is 1.53. The first kappa shape index (κ1) is 19.8. The third-order valence-electron chi connectivity index (χ3n) is 4.65. The molecule has 1 atom stereocenters. The van der Waals surface area contributed by atoms with Crippen LogP contribution in [0.3, 0.4) is 0 Å². The number of imidazole rings is 1. The van der Waals surface area contributed by atoms with Crippen LogP contribution < -0.4 is 10.1 Å². The van der Waals surface area contributed by atoms with Gasteiger partial charge in [0.25, 0.3) is 5.91 Å². The summed E-state index contributed by atoms with van der Waals surface area (Å²) >= 11 is 1.50. The van der Waals surface area contributed by atoms with Gasteiger partial charge in [0.15, 0.2) is 11.2 Å². The Morgan fingerprint density at radius 2 is 1.83 bits per heavy atom. The zero-order valence-corrected chi connectivity index (χ0v) is 17.8. The summed E-state index contributed by atoms with van der Waals surface area (Å²) in [7, 11) is 0. The van der Waals surface area contributed by atoms with Crippen molar-refractivity contribution < 1.29 is 9.53 Å². The molecule has 1 amide bonds. The van der Waals surface area contributed by atoms with E-state index in [0.717, 1.165) is 22.2 Å². The van der Waals surface area contributed by atoms with Crippen molar-refractivity contribution >= 4 is 23.1 Å². The number of nitrogens with one attached hydrogen (secondary N) is 1. The molecule has 1 unspecified atom stereocenters. The van der Waals surface area contributed by atoms with E-state index < -0.39 is 6.10 Å². The lowest BCUT2D eigenvalue weighted by Crippen LogP contribution is -2.30. The number of ether oxygens (including phenoxy) is 1. The topological polar surface area (TPSA) is 69.0 Å². The number of benzene rings is 2. The smallest absolute Gasteiger partial charge is 0.266 e. The van der Waals surface area contributed by atoms with E-state index in [2.05, 4.69) is 41.5 Å². The Bertz CT molecular complexity index is 1150. The van der Waals surface area contributed by atoms with Crippen molar-refractivity contribution in [3.8, 4) is 22.1 Å². The highest BCUT2D eigenvalue weighted by Crippen LogP contribution is 2.27. The van der Waals surface area contributed by atoms with E-state index in [1.54, 1.807) is 13.1 Å². The highest BCUT2D eigenvalue weighted by Gasteiger charge is 2.19. The summed E-state index contributed by atoms with van der Waals surface area (Å²) < 4.78 is 7.56. The first-order valence-corrected chi connectivity index (χ1v) is 10.5. The first-order valence-electron chi connectivity index (χ1n) is 9.61. The number of amides is 1. The molecule has 2 aromatic carbocycles. The number of thiazole rings is 1. The fraction of sp³-hybridized carbons (Fsp3) is 0.174. The minimum Gasteiger partial charge on any atom is -0.481 e. The number of anilines is 1. The normalized spacial score (nSPS) is 11.8. The molecule has 0 aliphatic carbocycles. The molecule has 1 N–H and O–H groups in total. The van der Waals surface area contributed by atoms with Crippen molar-refractivity contribution in [3.63, 3.8) is 0 Å². The van der Waals surface area contributed by atoms with Crippen LogP contribution in [0.2, 0.25) is 0 Å². The van der Waals surface area contributed by atoms with Crippen LogP contribution in [-0.2, 0) is 4.79 Å². The van der Waals surface area contributed by atoms with E-state index in [1.807, 2.05) is 47.2 Å². The number of rotatable bonds is 6. The predicted molar refractivity (Wildman–Crippen MR) is 119 cm³/mol. The van der Waals surface area contributed by atoms with Crippen LogP contribution >= 0.6 is 11.3 Å². The van der Waals surface area contributed by atoms with Crippen LogP contribution in [0.5, 0.6) is 5.75 Å². The molecule has 4 aromatic rings. The number of carbonyl (C=O) groups excluding carboxylic acids is 1. The molecule has 0 bridgehead atoms. The Hall–Kier alpha value is -3.45. The monoisotopic (exact) mass is 418 g/mol. The van der Waals surface area contributed by atoms with Gasteiger partial charge in [0.05, 0.1) is 11.9 Å². The van der Waals surface area contributed by atoms with E-state index in [4.69, 9.17) is 9.72 Å². The lowest BCUT2D eigenvalue weighted by atomic mass is 10.1. The molecule has 30 heavy (non-hydrogen) atoms. The fourth-order valence-corrected chi connectivity index (χ4v) is 3.88. The lowest BCUT2D eigenvalue weighted by molar-refractivity contribution is -0.122. The number of hydrogen-bond acceptors (Lipinski definition) is 5. The zero-order chi connectivity index (χ0) is 21.1. The summed E-state index contributed by atoms with van der Waals surface area (Å²) in [6.45, 7) is 5.66. The summed E-state index contributed by atoms with van der Waals surface area (Å²) in [5, 5.41) is 5.66. The maximum atomic E-state index is 12.7. The highest BCUT2D eigenvalue weighted by molar-refractivity contribution is 7.12. The SMILES string of the molecule is Cc1ccc(-c2csc(-n3c(NC(=O)C(C)Oc4ccccc4)cnc3C)n2)cc1. The summed E-state index contributed by atoms with van der Waals surface area (Å²) in [5.41, 5.74) is 3.15. The second kappa shape index (κ2) is 8.51. The number of carbonyl (C=O) groups is 1. The van der Waals surface area contributed by atoms with Crippen molar-refractivity contribution in [1.82, 2.24) is 14.5 Å².